The molecule has 19 heavy (non-hydrogen) atoms. The maximum absolute atomic E-state index is 12.6. The molecule has 1 unspecified atom stereocenters. The molecule has 0 aliphatic heterocycles. The smallest absolute Gasteiger partial charge is 0.330 e. The zero-order valence-electron chi connectivity index (χ0n) is 9.82. The molecule has 1 aromatic heterocycles. The van der Waals surface area contributed by atoms with Gasteiger partial charge in [-0.15, -0.1) is 0 Å². The molecular weight excluding hydrogens is 268 g/mol. The predicted molar refractivity (Wildman–Crippen MR) is 60.5 cm³/mol. The van der Waals surface area contributed by atoms with Gasteiger partial charge in [-0.1, -0.05) is 0 Å². The highest BCUT2D eigenvalue weighted by atomic mass is 19.3. The Kier molecular flexibility index (Phi) is 5.45. The quantitative estimate of drug-likeness (QED) is 0.396. The highest BCUT2D eigenvalue weighted by Crippen LogP contribution is 2.24. The highest BCUT2D eigenvalue weighted by Gasteiger charge is 2.41. The molecule has 0 radical (unpaired) electrons. The van der Waals surface area contributed by atoms with E-state index in [1.54, 1.807) is 0 Å². The van der Waals surface area contributed by atoms with Crippen LogP contribution in [0.15, 0.2) is 18.5 Å². The molecule has 0 aromatic carbocycles. The average molecular weight is 282 g/mol. The molecule has 5 N–H and O–H groups in total. The van der Waals surface area contributed by atoms with Crippen molar-refractivity contribution >= 4 is 5.69 Å². The van der Waals surface area contributed by atoms with Crippen LogP contribution in [0.25, 0.3) is 0 Å². The van der Waals surface area contributed by atoms with Crippen LogP contribution in [-0.4, -0.2) is 30.5 Å². The van der Waals surface area contributed by atoms with Crippen molar-refractivity contribution in [2.24, 2.45) is 5.84 Å². The van der Waals surface area contributed by atoms with Crippen LogP contribution in [0.4, 0.5) is 23.2 Å². The fourth-order valence-electron chi connectivity index (χ4n) is 1.31. The summed E-state index contributed by atoms with van der Waals surface area (Å²) in [5, 5.41) is 0. The van der Waals surface area contributed by atoms with E-state index in [1.807, 2.05) is 0 Å². The van der Waals surface area contributed by atoms with E-state index in [0.717, 1.165) is 0 Å². The second-order valence-electron chi connectivity index (χ2n) is 3.80. The molecule has 0 saturated carbocycles. The third kappa shape index (κ3) is 4.30. The average Bonchev–Trinajstić information content (AvgIpc) is 2.35. The molecular formula is C10H14F4N4O. The molecule has 0 amide bonds. The van der Waals surface area contributed by atoms with E-state index in [0.29, 0.717) is 11.3 Å². The number of pyridine rings is 1. The van der Waals surface area contributed by atoms with Crippen molar-refractivity contribution in [1.82, 2.24) is 10.4 Å². The molecule has 0 spiro atoms. The number of aromatic nitrogens is 1. The summed E-state index contributed by atoms with van der Waals surface area (Å²) in [5.41, 5.74) is 8.71. The van der Waals surface area contributed by atoms with Crippen molar-refractivity contribution in [2.75, 3.05) is 18.9 Å². The monoisotopic (exact) mass is 282 g/mol. The van der Waals surface area contributed by atoms with Gasteiger partial charge in [-0.25, -0.2) is 8.78 Å². The predicted octanol–water partition coefficient (Wildman–Crippen LogP) is 1.09. The Labute approximate surface area is 106 Å². The highest BCUT2D eigenvalue weighted by molar-refractivity contribution is 5.46. The van der Waals surface area contributed by atoms with Crippen LogP contribution in [0.1, 0.15) is 11.6 Å². The molecule has 0 aliphatic carbocycles. The van der Waals surface area contributed by atoms with Gasteiger partial charge in [0.1, 0.15) is 6.61 Å². The van der Waals surface area contributed by atoms with Crippen LogP contribution < -0.4 is 17.0 Å². The van der Waals surface area contributed by atoms with Gasteiger partial charge in [0.2, 0.25) is 0 Å². The summed E-state index contributed by atoms with van der Waals surface area (Å²) in [7, 11) is 0. The molecule has 1 atom stereocenters. The van der Waals surface area contributed by atoms with E-state index in [1.165, 1.54) is 18.5 Å². The van der Waals surface area contributed by atoms with Crippen molar-refractivity contribution < 1.29 is 22.3 Å². The van der Waals surface area contributed by atoms with Gasteiger partial charge in [0.25, 0.3) is 0 Å². The summed E-state index contributed by atoms with van der Waals surface area (Å²) in [4.78, 5) is 3.80. The summed E-state index contributed by atoms with van der Waals surface area (Å²) >= 11 is 0. The maximum Gasteiger partial charge on any atom is 0.330 e. The lowest BCUT2D eigenvalue weighted by Crippen LogP contribution is -2.36. The van der Waals surface area contributed by atoms with E-state index < -0.39 is 25.0 Å². The number of nitrogen functional groups attached to an aromatic ring is 1. The van der Waals surface area contributed by atoms with E-state index in [2.05, 4.69) is 15.1 Å². The maximum atomic E-state index is 12.6. The summed E-state index contributed by atoms with van der Waals surface area (Å²) < 4.78 is 53.6. The van der Waals surface area contributed by atoms with Crippen LogP contribution in [0.3, 0.4) is 0 Å². The Hall–Kier alpha value is -1.45. The second-order valence-corrected chi connectivity index (χ2v) is 3.80. The normalized spacial score (nSPS) is 13.8. The Morgan fingerprint density at radius 2 is 2.11 bits per heavy atom. The van der Waals surface area contributed by atoms with E-state index in [-0.39, 0.29) is 6.61 Å². The molecule has 1 heterocycles. The fourth-order valence-corrected chi connectivity index (χ4v) is 1.31. The number of hydrogen-bond acceptors (Lipinski definition) is 5. The molecule has 9 heteroatoms. The standard InChI is InChI=1S/C10H14F4N4O/c11-9(12)10(13,14)5-19-4-8(18-16)6-3-17-2-1-7(6)15/h1-3,8-9,18H,4-5,16H2,(H2,15,17). The molecule has 5 nitrogen and oxygen atoms in total. The van der Waals surface area contributed by atoms with E-state index in [4.69, 9.17) is 11.6 Å². The van der Waals surface area contributed by atoms with Crippen LogP contribution in [0.5, 0.6) is 0 Å². The van der Waals surface area contributed by atoms with Gasteiger partial charge in [-0.2, -0.15) is 8.78 Å². The zero-order chi connectivity index (χ0) is 14.5. The topological polar surface area (TPSA) is 86.2 Å². The number of nitrogens with one attached hydrogen (secondary N) is 1. The molecule has 0 bridgehead atoms. The minimum absolute atomic E-state index is 0.335. The van der Waals surface area contributed by atoms with Crippen molar-refractivity contribution in [3.63, 3.8) is 0 Å². The van der Waals surface area contributed by atoms with Gasteiger partial charge >= 0.3 is 12.3 Å². The number of hydrogen-bond donors (Lipinski definition) is 3. The zero-order valence-corrected chi connectivity index (χ0v) is 9.82. The lowest BCUT2D eigenvalue weighted by Gasteiger charge is -2.20. The molecule has 1 rings (SSSR count). The fraction of sp³-hybridized carbons (Fsp3) is 0.500. The SMILES string of the molecule is NNC(COCC(F)(F)C(F)F)c1cnccc1N. The number of alkyl halides is 4. The van der Waals surface area contributed by atoms with Crippen molar-refractivity contribution in [3.8, 4) is 0 Å². The number of nitrogens with zero attached hydrogens (tertiary/aromatic N) is 1. The van der Waals surface area contributed by atoms with Crippen LogP contribution in [0.2, 0.25) is 0 Å². The van der Waals surface area contributed by atoms with Crippen LogP contribution >= 0.6 is 0 Å². The number of anilines is 1. The van der Waals surface area contributed by atoms with E-state index >= 15 is 0 Å². The Morgan fingerprint density at radius 1 is 1.42 bits per heavy atom. The van der Waals surface area contributed by atoms with Gasteiger partial charge < -0.3 is 10.5 Å². The molecule has 0 aliphatic rings. The lowest BCUT2D eigenvalue weighted by molar-refractivity contribution is -0.167. The number of hydrazine groups is 1. The van der Waals surface area contributed by atoms with Crippen molar-refractivity contribution in [3.05, 3.63) is 24.0 Å². The summed E-state index contributed by atoms with van der Waals surface area (Å²) in [6.45, 7) is -1.74. The van der Waals surface area contributed by atoms with Gasteiger partial charge in [0, 0.05) is 23.6 Å². The third-order valence-electron chi connectivity index (χ3n) is 2.36. The van der Waals surface area contributed by atoms with Crippen molar-refractivity contribution in [1.29, 1.82) is 0 Å². The molecule has 0 saturated heterocycles. The Morgan fingerprint density at radius 3 is 2.63 bits per heavy atom. The second kappa shape index (κ2) is 6.64. The molecule has 1 aromatic rings. The van der Waals surface area contributed by atoms with Gasteiger partial charge in [0.15, 0.2) is 0 Å². The summed E-state index contributed by atoms with van der Waals surface area (Å²) in [6.07, 6.45) is -0.951. The number of halogens is 4. The number of rotatable bonds is 7. The minimum atomic E-state index is -4.19. The van der Waals surface area contributed by atoms with Gasteiger partial charge in [-0.3, -0.25) is 16.3 Å². The van der Waals surface area contributed by atoms with Crippen LogP contribution in [-0.2, 0) is 4.74 Å². The number of nitrogens with two attached hydrogens (primary N) is 2. The summed E-state index contributed by atoms with van der Waals surface area (Å²) in [5.74, 6) is 1.04. The molecule has 108 valence electrons. The Bertz CT molecular complexity index is 405. The summed E-state index contributed by atoms with van der Waals surface area (Å²) in [6, 6.07) is 0.773. The van der Waals surface area contributed by atoms with Crippen molar-refractivity contribution in [2.45, 2.75) is 18.4 Å². The first-order chi connectivity index (χ1) is 8.88. The minimum Gasteiger partial charge on any atom is -0.398 e. The van der Waals surface area contributed by atoms with Gasteiger partial charge in [0.05, 0.1) is 12.6 Å². The van der Waals surface area contributed by atoms with Crippen LogP contribution in [0, 0.1) is 0 Å². The molecule has 0 fully saturated rings. The lowest BCUT2D eigenvalue weighted by atomic mass is 10.1. The Balaban J connectivity index is 2.58. The van der Waals surface area contributed by atoms with Gasteiger partial charge in [-0.05, 0) is 6.07 Å². The first-order valence-corrected chi connectivity index (χ1v) is 5.27. The first kappa shape index (κ1) is 15.6. The largest absolute Gasteiger partial charge is 0.398 e. The third-order valence-corrected chi connectivity index (χ3v) is 2.36. The number of ether oxygens (including phenoxy) is 1. The van der Waals surface area contributed by atoms with E-state index in [9.17, 15) is 17.6 Å². The first-order valence-electron chi connectivity index (χ1n) is 5.27.